The SMILES string of the molecule is COCC(Nc1ccc(Br)cc1[N+](=O)[O-])c1ccco1. The normalized spacial score (nSPS) is 12.1. The summed E-state index contributed by atoms with van der Waals surface area (Å²) in [7, 11) is 1.56. The number of anilines is 1. The van der Waals surface area contributed by atoms with Gasteiger partial charge in [0.05, 0.1) is 17.8 Å². The van der Waals surface area contributed by atoms with Crippen LogP contribution in [0.4, 0.5) is 11.4 Å². The Morgan fingerprint density at radius 3 is 2.90 bits per heavy atom. The van der Waals surface area contributed by atoms with Crippen LogP contribution in [0, 0.1) is 10.1 Å². The van der Waals surface area contributed by atoms with Gasteiger partial charge in [-0.15, -0.1) is 0 Å². The van der Waals surface area contributed by atoms with Crippen molar-refractivity contribution in [1.29, 1.82) is 0 Å². The van der Waals surface area contributed by atoms with Crippen LogP contribution in [-0.2, 0) is 4.74 Å². The molecule has 0 bridgehead atoms. The van der Waals surface area contributed by atoms with Gasteiger partial charge in [-0.2, -0.15) is 0 Å². The molecule has 0 amide bonds. The molecule has 0 saturated heterocycles. The van der Waals surface area contributed by atoms with E-state index in [1.165, 1.54) is 6.07 Å². The molecular weight excluding hydrogens is 328 g/mol. The molecule has 1 N–H and O–H groups in total. The number of nitrogens with zero attached hydrogens (tertiary/aromatic N) is 1. The number of hydrogen-bond donors (Lipinski definition) is 1. The largest absolute Gasteiger partial charge is 0.467 e. The number of furan rings is 1. The van der Waals surface area contributed by atoms with E-state index in [0.29, 0.717) is 22.5 Å². The lowest BCUT2D eigenvalue weighted by molar-refractivity contribution is -0.384. The van der Waals surface area contributed by atoms with Crippen molar-refractivity contribution in [2.45, 2.75) is 6.04 Å². The highest BCUT2D eigenvalue weighted by Crippen LogP contribution is 2.31. The summed E-state index contributed by atoms with van der Waals surface area (Å²) in [6.07, 6.45) is 1.55. The lowest BCUT2D eigenvalue weighted by atomic mass is 10.2. The summed E-state index contributed by atoms with van der Waals surface area (Å²) in [6, 6.07) is 8.09. The second-order valence-electron chi connectivity index (χ2n) is 4.09. The molecular formula is C13H13BrN2O4. The maximum absolute atomic E-state index is 11.1. The highest BCUT2D eigenvalue weighted by Gasteiger charge is 2.20. The number of methoxy groups -OCH3 is 1. The van der Waals surface area contributed by atoms with Gasteiger partial charge in [0, 0.05) is 17.6 Å². The number of hydrogen-bond acceptors (Lipinski definition) is 5. The van der Waals surface area contributed by atoms with Gasteiger partial charge < -0.3 is 14.5 Å². The van der Waals surface area contributed by atoms with Crippen LogP contribution in [0.2, 0.25) is 0 Å². The van der Waals surface area contributed by atoms with Crippen molar-refractivity contribution in [3.05, 3.63) is 56.9 Å². The number of benzene rings is 1. The van der Waals surface area contributed by atoms with Crippen LogP contribution in [0.5, 0.6) is 0 Å². The number of nitro groups is 1. The Labute approximate surface area is 124 Å². The van der Waals surface area contributed by atoms with Gasteiger partial charge in [0.25, 0.3) is 5.69 Å². The van der Waals surface area contributed by atoms with Gasteiger partial charge in [-0.05, 0) is 24.3 Å². The molecule has 0 saturated carbocycles. The number of nitro benzene ring substituents is 1. The zero-order chi connectivity index (χ0) is 14.5. The Morgan fingerprint density at radius 2 is 2.30 bits per heavy atom. The molecule has 1 atom stereocenters. The Bertz CT molecular complexity index is 586. The number of nitrogens with one attached hydrogen (secondary N) is 1. The minimum absolute atomic E-state index is 0.00738. The smallest absolute Gasteiger partial charge is 0.293 e. The molecule has 0 radical (unpaired) electrons. The van der Waals surface area contributed by atoms with Crippen LogP contribution in [0.1, 0.15) is 11.8 Å². The van der Waals surface area contributed by atoms with Crippen molar-refractivity contribution < 1.29 is 14.1 Å². The zero-order valence-corrected chi connectivity index (χ0v) is 12.3. The Hall–Kier alpha value is -1.86. The predicted molar refractivity (Wildman–Crippen MR) is 77.7 cm³/mol. The fourth-order valence-electron chi connectivity index (χ4n) is 1.82. The van der Waals surface area contributed by atoms with E-state index in [4.69, 9.17) is 9.15 Å². The molecule has 1 heterocycles. The highest BCUT2D eigenvalue weighted by atomic mass is 79.9. The van der Waals surface area contributed by atoms with Gasteiger partial charge in [0.1, 0.15) is 17.5 Å². The first-order valence-corrected chi connectivity index (χ1v) is 6.64. The van der Waals surface area contributed by atoms with Crippen LogP contribution in [0.25, 0.3) is 0 Å². The molecule has 1 aromatic carbocycles. The Balaban J connectivity index is 2.29. The van der Waals surface area contributed by atoms with E-state index in [0.717, 1.165) is 0 Å². The van der Waals surface area contributed by atoms with E-state index < -0.39 is 4.92 Å². The Kier molecular flexibility index (Phi) is 4.75. The minimum atomic E-state index is -0.431. The lowest BCUT2D eigenvalue weighted by Gasteiger charge is -2.17. The number of ether oxygens (including phenoxy) is 1. The second-order valence-corrected chi connectivity index (χ2v) is 5.00. The van der Waals surface area contributed by atoms with Gasteiger partial charge in [-0.3, -0.25) is 10.1 Å². The first-order valence-electron chi connectivity index (χ1n) is 5.84. The predicted octanol–water partition coefficient (Wildman–Crippen LogP) is 3.75. The fourth-order valence-corrected chi connectivity index (χ4v) is 2.17. The highest BCUT2D eigenvalue weighted by molar-refractivity contribution is 9.10. The quantitative estimate of drug-likeness (QED) is 0.640. The zero-order valence-electron chi connectivity index (χ0n) is 10.7. The van der Waals surface area contributed by atoms with Gasteiger partial charge in [-0.1, -0.05) is 15.9 Å². The monoisotopic (exact) mass is 340 g/mol. The summed E-state index contributed by atoms with van der Waals surface area (Å²) < 4.78 is 11.1. The molecule has 1 aromatic heterocycles. The summed E-state index contributed by atoms with van der Waals surface area (Å²) in [5.41, 5.74) is 0.406. The van der Waals surface area contributed by atoms with E-state index in [2.05, 4.69) is 21.2 Å². The third-order valence-electron chi connectivity index (χ3n) is 2.71. The van der Waals surface area contributed by atoms with Crippen molar-refractivity contribution in [2.24, 2.45) is 0 Å². The van der Waals surface area contributed by atoms with Crippen LogP contribution < -0.4 is 5.32 Å². The number of halogens is 1. The van der Waals surface area contributed by atoms with E-state index in [1.54, 1.807) is 37.6 Å². The summed E-state index contributed by atoms with van der Waals surface area (Å²) in [6.45, 7) is 0.334. The van der Waals surface area contributed by atoms with Gasteiger partial charge in [0.15, 0.2) is 0 Å². The van der Waals surface area contributed by atoms with Crippen molar-refractivity contribution in [2.75, 3.05) is 19.0 Å². The standard InChI is InChI=1S/C13H13BrN2O4/c1-19-8-11(13-3-2-6-20-13)15-10-5-4-9(14)7-12(10)16(17)18/h2-7,11,15H,8H2,1H3. The van der Waals surface area contributed by atoms with Crippen LogP contribution in [0.3, 0.4) is 0 Å². The summed E-state index contributed by atoms with van der Waals surface area (Å²) in [5, 5.41) is 14.2. The topological polar surface area (TPSA) is 77.5 Å². The molecule has 2 rings (SSSR count). The third-order valence-corrected chi connectivity index (χ3v) is 3.20. The molecule has 2 aromatic rings. The summed E-state index contributed by atoms with van der Waals surface area (Å²) >= 11 is 3.22. The summed E-state index contributed by atoms with van der Waals surface area (Å²) in [4.78, 5) is 10.7. The van der Waals surface area contributed by atoms with E-state index in [1.807, 2.05) is 0 Å². The van der Waals surface area contributed by atoms with E-state index >= 15 is 0 Å². The van der Waals surface area contributed by atoms with Crippen molar-refractivity contribution >= 4 is 27.3 Å². The first-order chi connectivity index (χ1) is 9.61. The molecule has 0 aliphatic heterocycles. The lowest BCUT2D eigenvalue weighted by Crippen LogP contribution is -2.16. The van der Waals surface area contributed by atoms with Crippen molar-refractivity contribution in [3.63, 3.8) is 0 Å². The number of rotatable bonds is 6. The molecule has 0 aliphatic rings. The minimum Gasteiger partial charge on any atom is -0.467 e. The molecule has 0 fully saturated rings. The fraction of sp³-hybridized carbons (Fsp3) is 0.231. The maximum atomic E-state index is 11.1. The van der Waals surface area contributed by atoms with E-state index in [9.17, 15) is 10.1 Å². The maximum Gasteiger partial charge on any atom is 0.293 e. The molecule has 0 spiro atoms. The first kappa shape index (κ1) is 14.5. The molecule has 20 heavy (non-hydrogen) atoms. The average Bonchev–Trinajstić information content (AvgIpc) is 2.93. The molecule has 1 unspecified atom stereocenters. The van der Waals surface area contributed by atoms with Crippen LogP contribution in [-0.4, -0.2) is 18.6 Å². The second kappa shape index (κ2) is 6.53. The summed E-state index contributed by atoms with van der Waals surface area (Å²) in [5.74, 6) is 0.657. The van der Waals surface area contributed by atoms with Crippen LogP contribution in [0.15, 0.2) is 45.5 Å². The average molecular weight is 341 g/mol. The molecule has 6 nitrogen and oxygen atoms in total. The Morgan fingerprint density at radius 1 is 1.50 bits per heavy atom. The van der Waals surface area contributed by atoms with Gasteiger partial charge in [-0.25, -0.2) is 0 Å². The van der Waals surface area contributed by atoms with Crippen molar-refractivity contribution in [3.8, 4) is 0 Å². The van der Waals surface area contributed by atoms with Crippen molar-refractivity contribution in [1.82, 2.24) is 0 Å². The molecule has 0 aliphatic carbocycles. The van der Waals surface area contributed by atoms with Crippen LogP contribution >= 0.6 is 15.9 Å². The van der Waals surface area contributed by atoms with Gasteiger partial charge >= 0.3 is 0 Å². The van der Waals surface area contributed by atoms with E-state index in [-0.39, 0.29) is 11.7 Å². The third kappa shape index (κ3) is 3.37. The molecule has 7 heteroatoms. The molecule has 106 valence electrons. The van der Waals surface area contributed by atoms with Gasteiger partial charge in [0.2, 0.25) is 0 Å².